The minimum Gasteiger partial charge on any atom is -0.395 e. The van der Waals surface area contributed by atoms with Crippen LogP contribution in [0.25, 0.3) is 0 Å². The molecule has 0 saturated carbocycles. The number of nitrogens with one attached hydrogen (secondary N) is 1. The maximum Gasteiger partial charge on any atom is 0.0662 e. The molecule has 3 unspecified atom stereocenters. The van der Waals surface area contributed by atoms with Gasteiger partial charge in [-0.2, -0.15) is 0 Å². The molecule has 0 aliphatic rings. The number of hydrogen-bond acceptors (Lipinski definition) is 8. The Morgan fingerprint density at radius 1 is 0.917 bits per heavy atom. The van der Waals surface area contributed by atoms with E-state index in [2.05, 4.69) is 12.2 Å². The highest BCUT2D eigenvalue weighted by Gasteiger charge is 1.96. The van der Waals surface area contributed by atoms with Crippen molar-refractivity contribution < 1.29 is 20.4 Å². The third-order valence-corrected chi connectivity index (χ3v) is 2.61. The first-order chi connectivity index (χ1) is 11.3. The lowest BCUT2D eigenvalue weighted by atomic mass is 10.2. The van der Waals surface area contributed by atoms with E-state index in [0.717, 1.165) is 25.7 Å². The monoisotopic (exact) mass is 356 g/mol. The van der Waals surface area contributed by atoms with E-state index in [0.29, 0.717) is 26.2 Å². The predicted molar refractivity (Wildman–Crippen MR) is 102 cm³/mol. The van der Waals surface area contributed by atoms with Gasteiger partial charge >= 0.3 is 0 Å². The zero-order chi connectivity index (χ0) is 19.8. The van der Waals surface area contributed by atoms with E-state index in [1.165, 1.54) is 0 Å². The Morgan fingerprint density at radius 3 is 1.50 bits per heavy atom. The van der Waals surface area contributed by atoms with Crippen LogP contribution in [-0.2, 0) is 0 Å². The SMILES string of the molecule is CC(O)CN.CCC(O)CN.CCCCC(O)CN.CNCCO. The van der Waals surface area contributed by atoms with E-state index < -0.39 is 0 Å². The number of aliphatic hydroxyl groups excluding tert-OH is 4. The van der Waals surface area contributed by atoms with Crippen molar-refractivity contribution in [2.45, 2.75) is 64.8 Å². The molecule has 24 heavy (non-hydrogen) atoms. The standard InChI is InChI=1S/C6H15NO.C4H11NO.2C3H9NO/c1-2-3-4-6(8)5-7;1-2-4(6)3-5;1-4-2-3-5;1-3(5)2-4/h6,8H,2-5,7H2,1H3;4,6H,2-3,5H2,1H3;4-5H,2-3H2,1H3;3,5H,2,4H2,1H3. The van der Waals surface area contributed by atoms with Crippen LogP contribution in [0.2, 0.25) is 0 Å². The Bertz CT molecular complexity index is 183. The van der Waals surface area contributed by atoms with Gasteiger partial charge in [-0.05, 0) is 26.8 Å². The Balaban J connectivity index is -0.000000114. The summed E-state index contributed by atoms with van der Waals surface area (Å²) in [6, 6.07) is 0. The number of hydrogen-bond donors (Lipinski definition) is 8. The molecule has 3 atom stereocenters. The summed E-state index contributed by atoms with van der Waals surface area (Å²) in [6.07, 6.45) is 2.94. The molecule has 0 aliphatic carbocycles. The van der Waals surface area contributed by atoms with Crippen LogP contribution in [0.3, 0.4) is 0 Å². The summed E-state index contributed by atoms with van der Waals surface area (Å²) in [5.74, 6) is 0. The van der Waals surface area contributed by atoms with Gasteiger partial charge in [0.25, 0.3) is 0 Å². The topological polar surface area (TPSA) is 171 Å². The smallest absolute Gasteiger partial charge is 0.0662 e. The molecule has 0 amide bonds. The van der Waals surface area contributed by atoms with Crippen LogP contribution in [0, 0.1) is 0 Å². The molecule has 0 bridgehead atoms. The van der Waals surface area contributed by atoms with Crippen molar-refractivity contribution in [2.75, 3.05) is 39.8 Å². The molecule has 0 aromatic carbocycles. The van der Waals surface area contributed by atoms with Gasteiger partial charge in [0, 0.05) is 26.2 Å². The van der Waals surface area contributed by atoms with E-state index in [1.54, 1.807) is 14.0 Å². The van der Waals surface area contributed by atoms with Crippen molar-refractivity contribution in [1.82, 2.24) is 5.32 Å². The van der Waals surface area contributed by atoms with Crippen LogP contribution in [0.1, 0.15) is 46.5 Å². The molecule has 8 heteroatoms. The van der Waals surface area contributed by atoms with Crippen LogP contribution in [-0.4, -0.2) is 78.6 Å². The largest absolute Gasteiger partial charge is 0.395 e. The highest BCUT2D eigenvalue weighted by molar-refractivity contribution is 4.53. The summed E-state index contributed by atoms with van der Waals surface area (Å²) >= 11 is 0. The minimum absolute atomic E-state index is 0.233. The summed E-state index contributed by atoms with van der Waals surface area (Å²) < 4.78 is 0. The molecule has 0 heterocycles. The Morgan fingerprint density at radius 2 is 1.38 bits per heavy atom. The van der Waals surface area contributed by atoms with Crippen molar-refractivity contribution in [1.29, 1.82) is 0 Å². The van der Waals surface area contributed by atoms with Crippen LogP contribution in [0.4, 0.5) is 0 Å². The molecule has 0 rings (SSSR count). The summed E-state index contributed by atoms with van der Waals surface area (Å²) in [5.41, 5.74) is 15.1. The average Bonchev–Trinajstić information content (AvgIpc) is 2.61. The number of likely N-dealkylation sites (N-methyl/N-ethyl adjacent to an activating group) is 1. The molecule has 0 saturated heterocycles. The Labute approximate surface area is 148 Å². The van der Waals surface area contributed by atoms with Gasteiger partial charge in [0.05, 0.1) is 24.9 Å². The predicted octanol–water partition coefficient (Wildman–Crippen LogP) is -1.26. The lowest BCUT2D eigenvalue weighted by Gasteiger charge is -2.03. The summed E-state index contributed by atoms with van der Waals surface area (Å²) in [7, 11) is 1.80. The van der Waals surface area contributed by atoms with E-state index >= 15 is 0 Å². The lowest BCUT2D eigenvalue weighted by molar-refractivity contribution is 0.169. The molecule has 0 radical (unpaired) electrons. The minimum atomic E-state index is -0.338. The Hall–Kier alpha value is -0.320. The fourth-order valence-corrected chi connectivity index (χ4v) is 0.836. The van der Waals surface area contributed by atoms with Crippen molar-refractivity contribution >= 4 is 0 Å². The van der Waals surface area contributed by atoms with Gasteiger partial charge in [0.15, 0.2) is 0 Å². The van der Waals surface area contributed by atoms with E-state index in [-0.39, 0.29) is 24.9 Å². The second-order valence-electron chi connectivity index (χ2n) is 5.24. The van der Waals surface area contributed by atoms with Gasteiger partial charge in [0.2, 0.25) is 0 Å². The molecule has 0 aromatic heterocycles. The van der Waals surface area contributed by atoms with Crippen molar-refractivity contribution in [2.24, 2.45) is 17.2 Å². The number of nitrogens with two attached hydrogens (primary N) is 3. The third kappa shape index (κ3) is 49.5. The van der Waals surface area contributed by atoms with Crippen molar-refractivity contribution in [3.8, 4) is 0 Å². The summed E-state index contributed by atoms with van der Waals surface area (Å²) in [6.45, 7) is 7.73. The summed E-state index contributed by atoms with van der Waals surface area (Å²) in [4.78, 5) is 0. The van der Waals surface area contributed by atoms with Crippen molar-refractivity contribution in [3.63, 3.8) is 0 Å². The fourth-order valence-electron chi connectivity index (χ4n) is 0.836. The highest BCUT2D eigenvalue weighted by atomic mass is 16.3. The molecule has 152 valence electrons. The molecular formula is C16H44N4O4. The van der Waals surface area contributed by atoms with Gasteiger partial charge in [-0.15, -0.1) is 0 Å². The van der Waals surface area contributed by atoms with E-state index in [9.17, 15) is 0 Å². The third-order valence-electron chi connectivity index (χ3n) is 2.61. The van der Waals surface area contributed by atoms with Gasteiger partial charge in [-0.25, -0.2) is 0 Å². The van der Waals surface area contributed by atoms with Crippen LogP contribution in [0.5, 0.6) is 0 Å². The number of rotatable bonds is 9. The average molecular weight is 357 g/mol. The zero-order valence-corrected chi connectivity index (χ0v) is 16.1. The first-order valence-electron chi connectivity index (χ1n) is 8.70. The van der Waals surface area contributed by atoms with Crippen LogP contribution < -0.4 is 22.5 Å². The maximum atomic E-state index is 8.86. The van der Waals surface area contributed by atoms with Crippen molar-refractivity contribution in [3.05, 3.63) is 0 Å². The molecule has 0 fully saturated rings. The first-order valence-corrected chi connectivity index (χ1v) is 8.70. The number of aliphatic hydroxyl groups is 4. The molecule has 11 N–H and O–H groups in total. The molecule has 0 spiro atoms. The lowest BCUT2D eigenvalue weighted by Crippen LogP contribution is -2.18. The van der Waals surface area contributed by atoms with Gasteiger partial charge < -0.3 is 42.9 Å². The summed E-state index contributed by atoms with van der Waals surface area (Å²) in [5, 5.41) is 36.4. The fraction of sp³-hybridized carbons (Fsp3) is 1.00. The molecular weight excluding hydrogens is 312 g/mol. The normalized spacial score (nSPS) is 13.1. The second kappa shape index (κ2) is 30.5. The molecule has 0 aromatic rings. The Kier molecular flexibility index (Phi) is 40.0. The number of unbranched alkanes of at least 4 members (excludes halogenated alkanes) is 1. The second-order valence-corrected chi connectivity index (χ2v) is 5.24. The maximum absolute atomic E-state index is 8.86. The van der Waals surface area contributed by atoms with Gasteiger partial charge in [0.1, 0.15) is 0 Å². The van der Waals surface area contributed by atoms with E-state index in [1.807, 2.05) is 6.92 Å². The molecule has 0 aliphatic heterocycles. The van der Waals surface area contributed by atoms with Gasteiger partial charge in [-0.1, -0.05) is 26.7 Å². The zero-order valence-electron chi connectivity index (χ0n) is 16.1. The van der Waals surface area contributed by atoms with Crippen LogP contribution >= 0.6 is 0 Å². The highest BCUT2D eigenvalue weighted by Crippen LogP contribution is 1.97. The van der Waals surface area contributed by atoms with E-state index in [4.69, 9.17) is 37.6 Å². The first kappa shape index (κ1) is 31.4. The van der Waals surface area contributed by atoms with Crippen LogP contribution in [0.15, 0.2) is 0 Å². The quantitative estimate of drug-likeness (QED) is 0.253. The molecule has 8 nitrogen and oxygen atoms in total. The van der Waals surface area contributed by atoms with Gasteiger partial charge in [-0.3, -0.25) is 0 Å².